The highest BCUT2D eigenvalue weighted by atomic mass is 32.2. The van der Waals surface area contributed by atoms with E-state index in [1.54, 1.807) is 0 Å². The molecule has 1 amide bonds. The maximum Gasteiger partial charge on any atom is 0.416 e. The number of carbonyl (C=O) groups excluding carboxylic acids is 1. The second kappa shape index (κ2) is 6.96. The number of thioether (sulfide) groups is 1. The molecule has 2 fully saturated rings. The van der Waals surface area contributed by atoms with Gasteiger partial charge in [-0.25, -0.2) is 0 Å². The van der Waals surface area contributed by atoms with E-state index in [0.717, 1.165) is 37.3 Å². The Balaban J connectivity index is 1.72. The number of nitrogens with zero attached hydrogens (tertiary/aromatic N) is 2. The Labute approximate surface area is 144 Å². The summed E-state index contributed by atoms with van der Waals surface area (Å²) in [4.78, 5) is 16.6. The van der Waals surface area contributed by atoms with Crippen LogP contribution in [-0.4, -0.2) is 47.1 Å². The van der Waals surface area contributed by atoms with Crippen LogP contribution in [0.4, 0.5) is 13.2 Å². The SMILES string of the molecule is CC1SC(c2ccc(C(F)(F)F)cc2)N(CCN2CCCC2)C1=O. The lowest BCUT2D eigenvalue weighted by molar-refractivity contribution is -0.137. The number of hydrogen-bond donors (Lipinski definition) is 0. The van der Waals surface area contributed by atoms with Gasteiger partial charge in [0.05, 0.1) is 10.8 Å². The minimum Gasteiger partial charge on any atom is -0.324 e. The third-order valence-corrected chi connectivity index (χ3v) is 6.02. The molecule has 7 heteroatoms. The van der Waals surface area contributed by atoms with Crippen LogP contribution in [0, 0.1) is 0 Å². The number of likely N-dealkylation sites (tertiary alicyclic amines) is 1. The first-order chi connectivity index (χ1) is 11.4. The summed E-state index contributed by atoms with van der Waals surface area (Å²) in [5, 5.41) is -0.353. The number of hydrogen-bond acceptors (Lipinski definition) is 3. The van der Waals surface area contributed by atoms with Crippen molar-refractivity contribution >= 4 is 17.7 Å². The lowest BCUT2D eigenvalue weighted by atomic mass is 10.1. The van der Waals surface area contributed by atoms with Gasteiger partial charge in [-0.3, -0.25) is 4.79 Å². The molecule has 2 aliphatic heterocycles. The molecule has 132 valence electrons. The van der Waals surface area contributed by atoms with Crippen LogP contribution in [0.1, 0.15) is 36.3 Å². The Morgan fingerprint density at radius 1 is 1.12 bits per heavy atom. The standard InChI is InChI=1S/C17H21F3N2OS/c1-12-15(23)22(11-10-21-8-2-3-9-21)16(24-12)13-4-6-14(7-5-13)17(18,19)20/h4-7,12,16H,2-3,8-11H2,1H3. The molecule has 0 saturated carbocycles. The van der Waals surface area contributed by atoms with Crippen molar-refractivity contribution in [1.29, 1.82) is 0 Å². The molecule has 3 nitrogen and oxygen atoms in total. The summed E-state index contributed by atoms with van der Waals surface area (Å²) >= 11 is 1.51. The molecule has 2 aliphatic rings. The molecule has 0 aliphatic carbocycles. The number of carbonyl (C=O) groups is 1. The first-order valence-corrected chi connectivity index (χ1v) is 9.16. The second-order valence-electron chi connectivity index (χ2n) is 6.33. The van der Waals surface area contributed by atoms with Gasteiger partial charge < -0.3 is 9.80 Å². The van der Waals surface area contributed by atoms with Crippen LogP contribution in [0.5, 0.6) is 0 Å². The Kier molecular flexibility index (Phi) is 5.11. The van der Waals surface area contributed by atoms with Gasteiger partial charge in [0.1, 0.15) is 5.37 Å². The number of amides is 1. The lowest BCUT2D eigenvalue weighted by Crippen LogP contribution is -2.37. The third-order valence-electron chi connectivity index (χ3n) is 4.63. The Hall–Kier alpha value is -1.21. The molecule has 0 N–H and O–H groups in total. The summed E-state index contributed by atoms with van der Waals surface area (Å²) in [6, 6.07) is 5.19. The zero-order valence-electron chi connectivity index (χ0n) is 13.6. The van der Waals surface area contributed by atoms with Crippen LogP contribution in [0.15, 0.2) is 24.3 Å². The molecule has 2 heterocycles. The van der Waals surface area contributed by atoms with Crippen LogP contribution in [0.25, 0.3) is 0 Å². The van der Waals surface area contributed by atoms with Gasteiger partial charge in [0, 0.05) is 13.1 Å². The molecule has 2 saturated heterocycles. The first kappa shape index (κ1) is 17.6. The molecule has 3 rings (SSSR count). The van der Waals surface area contributed by atoms with Crippen LogP contribution in [-0.2, 0) is 11.0 Å². The van der Waals surface area contributed by atoms with E-state index in [4.69, 9.17) is 0 Å². The minimum absolute atomic E-state index is 0.0732. The fourth-order valence-electron chi connectivity index (χ4n) is 3.25. The van der Waals surface area contributed by atoms with Crippen LogP contribution < -0.4 is 0 Å². The van der Waals surface area contributed by atoms with Gasteiger partial charge in [-0.1, -0.05) is 12.1 Å². The van der Waals surface area contributed by atoms with E-state index in [0.29, 0.717) is 6.54 Å². The van der Waals surface area contributed by atoms with Crippen molar-refractivity contribution < 1.29 is 18.0 Å². The van der Waals surface area contributed by atoms with Crippen molar-refractivity contribution in [3.63, 3.8) is 0 Å². The summed E-state index contributed by atoms with van der Waals surface area (Å²) in [6.45, 7) is 5.45. The quantitative estimate of drug-likeness (QED) is 0.819. The zero-order chi connectivity index (χ0) is 17.3. The van der Waals surface area contributed by atoms with E-state index >= 15 is 0 Å². The summed E-state index contributed by atoms with van der Waals surface area (Å²) in [7, 11) is 0. The highest BCUT2D eigenvalue weighted by Crippen LogP contribution is 2.43. The van der Waals surface area contributed by atoms with Gasteiger partial charge in [-0.15, -0.1) is 11.8 Å². The van der Waals surface area contributed by atoms with Gasteiger partial charge in [-0.2, -0.15) is 13.2 Å². The number of halogens is 3. The molecule has 2 atom stereocenters. The molecule has 0 aromatic heterocycles. The summed E-state index contributed by atoms with van der Waals surface area (Å²) < 4.78 is 38.1. The Bertz CT molecular complexity index is 584. The highest BCUT2D eigenvalue weighted by molar-refractivity contribution is 8.01. The monoisotopic (exact) mass is 358 g/mol. The van der Waals surface area contributed by atoms with E-state index in [9.17, 15) is 18.0 Å². The van der Waals surface area contributed by atoms with Gasteiger partial charge in [0.2, 0.25) is 5.91 Å². The molecule has 0 spiro atoms. The van der Waals surface area contributed by atoms with Crippen molar-refractivity contribution in [3.8, 4) is 0 Å². The normalized spacial score (nSPS) is 25.7. The predicted octanol–water partition coefficient (Wildman–Crippen LogP) is 3.76. The van der Waals surface area contributed by atoms with E-state index in [1.807, 2.05) is 11.8 Å². The molecule has 0 bridgehead atoms. The van der Waals surface area contributed by atoms with Crippen LogP contribution in [0.3, 0.4) is 0 Å². The number of alkyl halides is 3. The van der Waals surface area contributed by atoms with E-state index in [1.165, 1.54) is 36.7 Å². The smallest absolute Gasteiger partial charge is 0.324 e. The maximum atomic E-state index is 12.7. The molecular formula is C17H21F3N2OS. The van der Waals surface area contributed by atoms with E-state index in [-0.39, 0.29) is 16.5 Å². The molecular weight excluding hydrogens is 337 g/mol. The van der Waals surface area contributed by atoms with Crippen LogP contribution in [0.2, 0.25) is 0 Å². The predicted molar refractivity (Wildman–Crippen MR) is 88.6 cm³/mol. The summed E-state index contributed by atoms with van der Waals surface area (Å²) in [5.41, 5.74) is 0.101. The average Bonchev–Trinajstić information content (AvgIpc) is 3.14. The van der Waals surface area contributed by atoms with Crippen molar-refractivity contribution in [2.45, 2.75) is 36.6 Å². The second-order valence-corrected chi connectivity index (χ2v) is 7.76. The number of rotatable bonds is 4. The molecule has 2 unspecified atom stereocenters. The summed E-state index contributed by atoms with van der Waals surface area (Å²) in [5.74, 6) is 0.0732. The molecule has 1 aromatic carbocycles. The van der Waals surface area contributed by atoms with Crippen LogP contribution >= 0.6 is 11.8 Å². The van der Waals surface area contributed by atoms with E-state index in [2.05, 4.69) is 4.90 Å². The molecule has 0 radical (unpaired) electrons. The fourth-order valence-corrected chi connectivity index (χ4v) is 4.56. The number of benzene rings is 1. The summed E-state index contributed by atoms with van der Waals surface area (Å²) in [6.07, 6.45) is -1.94. The highest BCUT2D eigenvalue weighted by Gasteiger charge is 2.39. The third kappa shape index (κ3) is 3.72. The van der Waals surface area contributed by atoms with E-state index < -0.39 is 11.7 Å². The Morgan fingerprint density at radius 3 is 2.33 bits per heavy atom. The van der Waals surface area contributed by atoms with Crippen molar-refractivity contribution in [2.24, 2.45) is 0 Å². The maximum absolute atomic E-state index is 12.7. The largest absolute Gasteiger partial charge is 0.416 e. The molecule has 1 aromatic rings. The zero-order valence-corrected chi connectivity index (χ0v) is 14.4. The molecule has 24 heavy (non-hydrogen) atoms. The first-order valence-electron chi connectivity index (χ1n) is 8.22. The van der Waals surface area contributed by atoms with Crippen molar-refractivity contribution in [2.75, 3.05) is 26.2 Å². The van der Waals surface area contributed by atoms with Gasteiger partial charge in [0.15, 0.2) is 0 Å². The Morgan fingerprint density at radius 2 is 1.75 bits per heavy atom. The van der Waals surface area contributed by atoms with Crippen molar-refractivity contribution in [1.82, 2.24) is 9.80 Å². The van der Waals surface area contributed by atoms with Gasteiger partial charge in [-0.05, 0) is 50.6 Å². The average molecular weight is 358 g/mol. The topological polar surface area (TPSA) is 23.6 Å². The lowest BCUT2D eigenvalue weighted by Gasteiger charge is -2.26. The van der Waals surface area contributed by atoms with Crippen molar-refractivity contribution in [3.05, 3.63) is 35.4 Å². The fraction of sp³-hybridized carbons (Fsp3) is 0.588. The minimum atomic E-state index is -4.33. The van der Waals surface area contributed by atoms with Gasteiger partial charge in [0.25, 0.3) is 0 Å². The van der Waals surface area contributed by atoms with Gasteiger partial charge >= 0.3 is 6.18 Å².